The van der Waals surface area contributed by atoms with Gasteiger partial charge in [-0.25, -0.2) is 4.39 Å². The Morgan fingerprint density at radius 3 is 2.77 bits per heavy atom. The predicted molar refractivity (Wildman–Crippen MR) is 55.8 cm³/mol. The van der Waals surface area contributed by atoms with Gasteiger partial charge in [0.2, 0.25) is 0 Å². The highest BCUT2D eigenvalue weighted by Crippen LogP contribution is 2.27. The van der Waals surface area contributed by atoms with E-state index in [9.17, 15) is 4.39 Å². The van der Waals surface area contributed by atoms with Crippen molar-refractivity contribution in [3.05, 3.63) is 46.2 Å². The van der Waals surface area contributed by atoms with Crippen molar-refractivity contribution in [3.8, 4) is 0 Å². The van der Waals surface area contributed by atoms with Crippen molar-refractivity contribution in [1.29, 1.82) is 0 Å². The lowest BCUT2D eigenvalue weighted by molar-refractivity contribution is 0.615. The van der Waals surface area contributed by atoms with Crippen LogP contribution in [0.1, 0.15) is 18.5 Å². The molecule has 0 bridgehead atoms. The van der Waals surface area contributed by atoms with Crippen molar-refractivity contribution in [1.82, 2.24) is 0 Å². The fraction of sp³-hybridized carbons (Fsp3) is 0.200. The van der Waals surface area contributed by atoms with Crippen LogP contribution in [-0.2, 0) is 0 Å². The number of nitrogens with two attached hydrogens (primary N) is 1. The molecule has 13 heavy (non-hydrogen) atoms. The van der Waals surface area contributed by atoms with Gasteiger partial charge in [-0.15, -0.1) is 0 Å². The van der Waals surface area contributed by atoms with E-state index in [4.69, 9.17) is 5.73 Å². The molecule has 1 rings (SSSR count). The third-order valence-corrected chi connectivity index (χ3v) is 2.68. The molecule has 1 unspecified atom stereocenters. The van der Waals surface area contributed by atoms with E-state index in [-0.39, 0.29) is 11.9 Å². The van der Waals surface area contributed by atoms with Crippen LogP contribution in [-0.4, -0.2) is 0 Å². The molecule has 0 fully saturated rings. The van der Waals surface area contributed by atoms with E-state index < -0.39 is 0 Å². The van der Waals surface area contributed by atoms with Gasteiger partial charge in [0.25, 0.3) is 0 Å². The second kappa shape index (κ2) is 4.03. The third-order valence-electron chi connectivity index (χ3n) is 1.85. The Bertz CT molecular complexity index is 336. The minimum absolute atomic E-state index is 0.297. The zero-order chi connectivity index (χ0) is 10.0. The van der Waals surface area contributed by atoms with E-state index in [0.717, 1.165) is 11.1 Å². The van der Waals surface area contributed by atoms with E-state index in [1.807, 2.05) is 6.92 Å². The first-order valence-corrected chi connectivity index (χ1v) is 4.68. The van der Waals surface area contributed by atoms with E-state index in [2.05, 4.69) is 22.5 Å². The summed E-state index contributed by atoms with van der Waals surface area (Å²) in [7, 11) is 0. The van der Waals surface area contributed by atoms with Crippen molar-refractivity contribution in [2.75, 3.05) is 0 Å². The first-order chi connectivity index (χ1) is 6.04. The molecule has 1 aromatic carbocycles. The van der Waals surface area contributed by atoms with Crippen LogP contribution in [0.2, 0.25) is 0 Å². The lowest BCUT2D eigenvalue weighted by atomic mass is 10.0. The molecule has 0 spiro atoms. The van der Waals surface area contributed by atoms with Gasteiger partial charge < -0.3 is 5.73 Å². The molecule has 0 aliphatic rings. The maximum Gasteiger partial charge on any atom is 0.137 e. The van der Waals surface area contributed by atoms with Gasteiger partial charge in [-0.1, -0.05) is 24.3 Å². The maximum absolute atomic E-state index is 13.1. The molecule has 1 atom stereocenters. The molecule has 1 nitrogen and oxygen atoms in total. The fourth-order valence-electron chi connectivity index (χ4n) is 1.03. The van der Waals surface area contributed by atoms with Crippen LogP contribution in [0.25, 0.3) is 0 Å². The molecular formula is C10H11BrFN. The summed E-state index contributed by atoms with van der Waals surface area (Å²) in [5.41, 5.74) is 7.35. The standard InChI is InChI=1S/C10H11BrFN/c1-6(2)10(13)7-4-3-5-8(12)9(7)11/h3-5,10H,1,13H2,2H3. The smallest absolute Gasteiger partial charge is 0.137 e. The van der Waals surface area contributed by atoms with Crippen molar-refractivity contribution in [2.45, 2.75) is 13.0 Å². The Kier molecular flexibility index (Phi) is 3.22. The summed E-state index contributed by atoms with van der Waals surface area (Å²) in [6, 6.07) is 4.49. The molecule has 1 aromatic rings. The molecule has 0 radical (unpaired) electrons. The van der Waals surface area contributed by atoms with E-state index in [1.165, 1.54) is 6.07 Å². The van der Waals surface area contributed by atoms with Crippen LogP contribution in [0, 0.1) is 5.82 Å². The second-order valence-electron chi connectivity index (χ2n) is 2.97. The zero-order valence-electron chi connectivity index (χ0n) is 7.35. The molecule has 0 aliphatic heterocycles. The van der Waals surface area contributed by atoms with Crippen molar-refractivity contribution < 1.29 is 4.39 Å². The van der Waals surface area contributed by atoms with Crippen molar-refractivity contribution in [2.24, 2.45) is 5.73 Å². The molecule has 0 aromatic heterocycles. The Labute approximate surface area is 85.6 Å². The minimum atomic E-state index is -0.315. The average Bonchev–Trinajstić information content (AvgIpc) is 2.08. The number of hydrogen-bond acceptors (Lipinski definition) is 1. The maximum atomic E-state index is 13.1. The monoisotopic (exact) mass is 243 g/mol. The zero-order valence-corrected chi connectivity index (χ0v) is 8.94. The van der Waals surface area contributed by atoms with Crippen LogP contribution in [0.3, 0.4) is 0 Å². The van der Waals surface area contributed by atoms with Crippen molar-refractivity contribution >= 4 is 15.9 Å². The van der Waals surface area contributed by atoms with Gasteiger partial charge in [0.05, 0.1) is 10.5 Å². The molecule has 3 heteroatoms. The molecule has 0 amide bonds. The summed E-state index contributed by atoms with van der Waals surface area (Å²) in [4.78, 5) is 0. The third kappa shape index (κ3) is 2.17. The molecule has 70 valence electrons. The summed E-state index contributed by atoms with van der Waals surface area (Å²) in [6.45, 7) is 5.56. The summed E-state index contributed by atoms with van der Waals surface area (Å²) in [5, 5.41) is 0. The van der Waals surface area contributed by atoms with Gasteiger partial charge in [0.1, 0.15) is 5.82 Å². The molecule has 2 N–H and O–H groups in total. The summed E-state index contributed by atoms with van der Waals surface area (Å²) in [5.74, 6) is -0.297. The van der Waals surface area contributed by atoms with E-state index in [0.29, 0.717) is 4.47 Å². The van der Waals surface area contributed by atoms with Crippen molar-refractivity contribution in [3.63, 3.8) is 0 Å². The molecule has 0 saturated heterocycles. The topological polar surface area (TPSA) is 26.0 Å². The number of benzene rings is 1. The molecule has 0 heterocycles. The second-order valence-corrected chi connectivity index (χ2v) is 3.76. The SMILES string of the molecule is C=C(C)C(N)c1cccc(F)c1Br. The highest BCUT2D eigenvalue weighted by molar-refractivity contribution is 9.10. The van der Waals surface area contributed by atoms with Crippen LogP contribution in [0.4, 0.5) is 4.39 Å². The first kappa shape index (κ1) is 10.4. The van der Waals surface area contributed by atoms with E-state index >= 15 is 0 Å². The average molecular weight is 244 g/mol. The number of hydrogen-bond donors (Lipinski definition) is 1. The largest absolute Gasteiger partial charge is 0.321 e. The number of rotatable bonds is 2. The van der Waals surface area contributed by atoms with Crippen LogP contribution in [0.15, 0.2) is 34.8 Å². The highest BCUT2D eigenvalue weighted by Gasteiger charge is 2.12. The Morgan fingerprint density at radius 2 is 2.23 bits per heavy atom. The fourth-order valence-corrected chi connectivity index (χ4v) is 1.54. The van der Waals surface area contributed by atoms with Crippen LogP contribution >= 0.6 is 15.9 Å². The normalized spacial score (nSPS) is 12.6. The van der Waals surface area contributed by atoms with Gasteiger partial charge in [0.15, 0.2) is 0 Å². The van der Waals surface area contributed by atoms with Crippen LogP contribution < -0.4 is 5.73 Å². The molecule has 0 saturated carbocycles. The quantitative estimate of drug-likeness (QED) is 0.794. The molecule has 0 aliphatic carbocycles. The first-order valence-electron chi connectivity index (χ1n) is 3.89. The van der Waals surface area contributed by atoms with Crippen LogP contribution in [0.5, 0.6) is 0 Å². The molecular weight excluding hydrogens is 233 g/mol. The number of halogens is 2. The summed E-state index contributed by atoms with van der Waals surface area (Å²) in [6.07, 6.45) is 0. The van der Waals surface area contributed by atoms with Gasteiger partial charge in [-0.05, 0) is 34.5 Å². The minimum Gasteiger partial charge on any atom is -0.321 e. The lowest BCUT2D eigenvalue weighted by Gasteiger charge is -2.13. The highest BCUT2D eigenvalue weighted by atomic mass is 79.9. The summed E-state index contributed by atoms with van der Waals surface area (Å²) >= 11 is 3.15. The predicted octanol–water partition coefficient (Wildman–Crippen LogP) is 3.16. The van der Waals surface area contributed by atoms with E-state index in [1.54, 1.807) is 12.1 Å². The van der Waals surface area contributed by atoms with Gasteiger partial charge >= 0.3 is 0 Å². The summed E-state index contributed by atoms with van der Waals surface area (Å²) < 4.78 is 13.5. The van der Waals surface area contributed by atoms with Gasteiger partial charge in [0, 0.05) is 0 Å². The van der Waals surface area contributed by atoms with Gasteiger partial charge in [-0.3, -0.25) is 0 Å². The van der Waals surface area contributed by atoms with Gasteiger partial charge in [-0.2, -0.15) is 0 Å². The Hall–Kier alpha value is -0.670. The Morgan fingerprint density at radius 1 is 1.62 bits per heavy atom. The Balaban J connectivity index is 3.15. The lowest BCUT2D eigenvalue weighted by Crippen LogP contribution is -2.11.